The number of hydrogen-bond acceptors (Lipinski definition) is 2. The Balaban J connectivity index is 0.000000385. The summed E-state index contributed by atoms with van der Waals surface area (Å²) in [6.45, 7) is 0.300. The molecule has 10 heteroatoms. The third-order valence-electron chi connectivity index (χ3n) is 1.48. The maximum absolute atomic E-state index is 12.0. The van der Waals surface area contributed by atoms with Crippen LogP contribution in [0.1, 0.15) is 0 Å². The first kappa shape index (κ1) is 14.9. The van der Waals surface area contributed by atoms with Crippen LogP contribution in [-0.4, -0.2) is 44.0 Å². The Morgan fingerprint density at radius 2 is 1.50 bits per heavy atom. The first-order chi connectivity index (χ1) is 6.91. The van der Waals surface area contributed by atoms with Crippen molar-refractivity contribution in [3.8, 4) is 0 Å². The van der Waals surface area contributed by atoms with Gasteiger partial charge in [-0.15, -0.1) is 0 Å². The molecule has 0 fully saturated rings. The van der Waals surface area contributed by atoms with Crippen molar-refractivity contribution in [2.75, 3.05) is 20.8 Å². The van der Waals surface area contributed by atoms with Crippen molar-refractivity contribution >= 4 is 7.25 Å². The molecule has 2 nitrogen and oxygen atoms in total. The number of halogens is 7. The molecular weight excluding hydrogens is 244 g/mol. The lowest BCUT2D eigenvalue weighted by molar-refractivity contribution is -0.107. The molecule has 1 heterocycles. The zero-order valence-corrected chi connectivity index (χ0v) is 8.40. The summed E-state index contributed by atoms with van der Waals surface area (Å²) >= 11 is 0. The zero-order chi connectivity index (χ0) is 13.1. The highest BCUT2D eigenvalue weighted by atomic mass is 19.5. The average Bonchev–Trinajstić information content (AvgIpc) is 2.24. The predicted octanol–water partition coefficient (Wildman–Crippen LogP) is 2.52. The lowest BCUT2D eigenvalue weighted by Gasteiger charge is -2.17. The first-order valence-corrected chi connectivity index (χ1v) is 3.99. The summed E-state index contributed by atoms with van der Waals surface area (Å²) in [5.41, 5.74) is -0.583. The van der Waals surface area contributed by atoms with Crippen LogP contribution in [0, 0.1) is 0 Å². The second-order valence-corrected chi connectivity index (χ2v) is 3.10. The van der Waals surface area contributed by atoms with Gasteiger partial charge in [-0.05, 0) is 0 Å². The molecule has 1 aliphatic heterocycles. The number of alkyl halides is 3. The van der Waals surface area contributed by atoms with Crippen molar-refractivity contribution in [2.24, 2.45) is 0 Å². The second-order valence-electron chi connectivity index (χ2n) is 3.10. The molecule has 0 unspecified atom stereocenters. The topological polar surface area (TPSA) is 6.48 Å². The van der Waals surface area contributed by atoms with Crippen LogP contribution in [-0.2, 0) is 0 Å². The third kappa shape index (κ3) is 6.41. The number of hydrogen-bond donors (Lipinski definition) is 0. The molecule has 0 saturated carbocycles. The van der Waals surface area contributed by atoms with E-state index in [4.69, 9.17) is 0 Å². The van der Waals surface area contributed by atoms with Gasteiger partial charge in [-0.25, -0.2) is 0 Å². The van der Waals surface area contributed by atoms with Gasteiger partial charge in [0.05, 0.1) is 6.67 Å². The van der Waals surface area contributed by atoms with E-state index in [1.54, 1.807) is 7.05 Å². The maximum Gasteiger partial charge on any atom is 0.673 e. The van der Waals surface area contributed by atoms with Crippen molar-refractivity contribution in [3.63, 3.8) is 0 Å². The van der Waals surface area contributed by atoms with E-state index in [1.165, 1.54) is 16.8 Å². The molecule has 16 heavy (non-hydrogen) atoms. The molecule has 0 bridgehead atoms. The maximum atomic E-state index is 12.0. The third-order valence-corrected chi connectivity index (χ3v) is 1.48. The SMILES string of the molecule is CN1C=C(C(F)(F)F)N(C)C1.F[B-](F)(F)F. The second kappa shape index (κ2) is 4.83. The minimum atomic E-state index is -6.00. The zero-order valence-electron chi connectivity index (χ0n) is 8.40. The number of nitrogens with zero attached hydrogens (tertiary/aromatic N) is 2. The van der Waals surface area contributed by atoms with Gasteiger partial charge in [-0.3, -0.25) is 0 Å². The van der Waals surface area contributed by atoms with Crippen molar-refractivity contribution in [1.82, 2.24) is 9.80 Å². The van der Waals surface area contributed by atoms with Crippen LogP contribution in [0.15, 0.2) is 11.9 Å². The minimum absolute atomic E-state index is 0.300. The summed E-state index contributed by atoms with van der Waals surface area (Å²) in [7, 11) is -2.97. The summed E-state index contributed by atoms with van der Waals surface area (Å²) in [4.78, 5) is 2.66. The van der Waals surface area contributed by atoms with Gasteiger partial charge in [-0.2, -0.15) is 13.2 Å². The fourth-order valence-corrected chi connectivity index (χ4v) is 1.05. The largest absolute Gasteiger partial charge is 0.673 e. The summed E-state index contributed by atoms with van der Waals surface area (Å²) in [5.74, 6) is 0. The molecule has 0 aromatic heterocycles. The Morgan fingerprint density at radius 1 is 1.12 bits per heavy atom. The fourth-order valence-electron chi connectivity index (χ4n) is 1.05. The van der Waals surface area contributed by atoms with E-state index in [1.807, 2.05) is 0 Å². The van der Waals surface area contributed by atoms with E-state index in [0.717, 1.165) is 6.20 Å². The Morgan fingerprint density at radius 3 is 1.62 bits per heavy atom. The van der Waals surface area contributed by atoms with Crippen LogP contribution in [0.25, 0.3) is 0 Å². The van der Waals surface area contributed by atoms with Gasteiger partial charge in [-0.1, -0.05) is 0 Å². The molecule has 1 aliphatic rings. The lowest BCUT2D eigenvalue weighted by Crippen LogP contribution is -2.26. The molecule has 0 aliphatic carbocycles. The highest BCUT2D eigenvalue weighted by Crippen LogP contribution is 2.30. The van der Waals surface area contributed by atoms with E-state index in [-0.39, 0.29) is 0 Å². The molecule has 0 N–H and O–H groups in total. The normalized spacial score (nSPS) is 16.9. The van der Waals surface area contributed by atoms with Crippen LogP contribution in [0.3, 0.4) is 0 Å². The summed E-state index contributed by atoms with van der Waals surface area (Å²) in [6.07, 6.45) is -3.13. The van der Waals surface area contributed by atoms with Crippen molar-refractivity contribution in [3.05, 3.63) is 11.9 Å². The summed E-state index contributed by atoms with van der Waals surface area (Å²) in [6, 6.07) is 0. The molecule has 0 atom stereocenters. The highest BCUT2D eigenvalue weighted by Gasteiger charge is 2.39. The van der Waals surface area contributed by atoms with E-state index in [9.17, 15) is 30.4 Å². The first-order valence-electron chi connectivity index (χ1n) is 3.99. The van der Waals surface area contributed by atoms with Crippen LogP contribution in [0.4, 0.5) is 30.4 Å². The summed E-state index contributed by atoms with van der Waals surface area (Å²) < 4.78 is 75.1. The molecule has 1 rings (SSSR count). The lowest BCUT2D eigenvalue weighted by atomic mass is 10.3. The van der Waals surface area contributed by atoms with E-state index >= 15 is 0 Å². The van der Waals surface area contributed by atoms with Crippen molar-refractivity contribution in [1.29, 1.82) is 0 Å². The van der Waals surface area contributed by atoms with E-state index in [2.05, 4.69) is 0 Å². The molecule has 96 valence electrons. The Kier molecular flexibility index (Phi) is 4.50. The number of rotatable bonds is 0. The molecular formula is C6H9BF7N2-. The molecule has 0 saturated heterocycles. The average molecular weight is 253 g/mol. The van der Waals surface area contributed by atoms with E-state index < -0.39 is 19.1 Å². The van der Waals surface area contributed by atoms with Gasteiger partial charge in [0.25, 0.3) is 0 Å². The smallest absolute Gasteiger partial charge is 0.418 e. The monoisotopic (exact) mass is 253 g/mol. The van der Waals surface area contributed by atoms with Crippen LogP contribution >= 0.6 is 0 Å². The quantitative estimate of drug-likeness (QED) is 0.483. The fraction of sp³-hybridized carbons (Fsp3) is 0.667. The van der Waals surface area contributed by atoms with Gasteiger partial charge in [0.2, 0.25) is 0 Å². The van der Waals surface area contributed by atoms with Crippen LogP contribution < -0.4 is 0 Å². The van der Waals surface area contributed by atoms with E-state index in [0.29, 0.717) is 6.67 Å². The molecule has 0 spiro atoms. The van der Waals surface area contributed by atoms with Gasteiger partial charge < -0.3 is 27.1 Å². The Bertz CT molecular complexity index is 253. The standard InChI is InChI=1S/C6H9F3N2.BF4/c1-10-3-5(6(7,8)9)11(2)4-10;2-1(3,4)5/h3H,4H2,1-2H3;/q;-1. The Hall–Kier alpha value is -1.09. The van der Waals surface area contributed by atoms with Crippen LogP contribution in [0.2, 0.25) is 0 Å². The Labute approximate surface area is 87.4 Å². The van der Waals surface area contributed by atoms with Crippen molar-refractivity contribution < 1.29 is 30.4 Å². The molecule has 0 amide bonds. The van der Waals surface area contributed by atoms with Gasteiger partial charge in [0, 0.05) is 20.3 Å². The van der Waals surface area contributed by atoms with Crippen LogP contribution in [0.5, 0.6) is 0 Å². The number of allylic oxidation sites excluding steroid dienone is 1. The molecule has 0 aromatic carbocycles. The van der Waals surface area contributed by atoms with Gasteiger partial charge in [0.1, 0.15) is 5.70 Å². The summed E-state index contributed by atoms with van der Waals surface area (Å²) in [5, 5.41) is 0. The predicted molar refractivity (Wildman–Crippen MR) is 44.7 cm³/mol. The molecule has 0 aromatic rings. The molecule has 0 radical (unpaired) electrons. The minimum Gasteiger partial charge on any atom is -0.418 e. The highest BCUT2D eigenvalue weighted by molar-refractivity contribution is 6.50. The van der Waals surface area contributed by atoms with Gasteiger partial charge >= 0.3 is 13.4 Å². The van der Waals surface area contributed by atoms with Gasteiger partial charge in [0.15, 0.2) is 0 Å². The van der Waals surface area contributed by atoms with Crippen molar-refractivity contribution in [2.45, 2.75) is 6.18 Å².